The number of pyridine rings is 2. The molecule has 1 saturated heterocycles. The molecule has 0 unspecified atom stereocenters. The molecule has 5 heteroatoms. The first-order valence-corrected chi connectivity index (χ1v) is 7.18. The van der Waals surface area contributed by atoms with Crippen LogP contribution in [0, 0.1) is 0 Å². The van der Waals surface area contributed by atoms with Gasteiger partial charge in [-0.1, -0.05) is 6.07 Å². The van der Waals surface area contributed by atoms with Gasteiger partial charge in [0.05, 0.1) is 5.56 Å². The lowest BCUT2D eigenvalue weighted by atomic mass is 9.94. The van der Waals surface area contributed by atoms with Gasteiger partial charge in [-0.3, -0.25) is 4.79 Å². The first-order chi connectivity index (χ1) is 10.3. The zero-order chi connectivity index (χ0) is 14.7. The Bertz CT molecular complexity index is 650. The fourth-order valence-electron chi connectivity index (χ4n) is 2.67. The van der Waals surface area contributed by atoms with Gasteiger partial charge in [0.1, 0.15) is 11.5 Å². The minimum absolute atomic E-state index is 0.170. The van der Waals surface area contributed by atoms with Crippen LogP contribution in [0.1, 0.15) is 40.5 Å². The first-order valence-electron chi connectivity index (χ1n) is 7.18. The number of hydrogen-bond donors (Lipinski definition) is 2. The van der Waals surface area contributed by atoms with Gasteiger partial charge in [-0.2, -0.15) is 0 Å². The number of ketones is 1. The summed E-state index contributed by atoms with van der Waals surface area (Å²) in [5.74, 6) is 0.498. The van der Waals surface area contributed by atoms with Gasteiger partial charge in [0.15, 0.2) is 0 Å². The van der Waals surface area contributed by atoms with E-state index in [2.05, 4.69) is 15.3 Å². The molecule has 3 N–H and O–H groups in total. The predicted octanol–water partition coefficient (Wildman–Crippen LogP) is 1.76. The summed E-state index contributed by atoms with van der Waals surface area (Å²) >= 11 is 0. The van der Waals surface area contributed by atoms with E-state index in [4.69, 9.17) is 5.73 Å². The van der Waals surface area contributed by atoms with Crippen molar-refractivity contribution in [3.63, 3.8) is 0 Å². The first kappa shape index (κ1) is 13.7. The Morgan fingerprint density at radius 2 is 2.00 bits per heavy atom. The Kier molecular flexibility index (Phi) is 3.92. The van der Waals surface area contributed by atoms with Crippen molar-refractivity contribution in [3.05, 3.63) is 53.5 Å². The van der Waals surface area contributed by atoms with Gasteiger partial charge in [0.2, 0.25) is 5.78 Å². The van der Waals surface area contributed by atoms with E-state index in [-0.39, 0.29) is 11.6 Å². The van der Waals surface area contributed by atoms with Crippen LogP contribution >= 0.6 is 0 Å². The minimum Gasteiger partial charge on any atom is -0.383 e. The van der Waals surface area contributed by atoms with Crippen LogP contribution in [0.5, 0.6) is 0 Å². The molecule has 1 aliphatic rings. The zero-order valence-electron chi connectivity index (χ0n) is 11.7. The van der Waals surface area contributed by atoms with Crippen LogP contribution in [-0.2, 0) is 0 Å². The Morgan fingerprint density at radius 1 is 1.19 bits per heavy atom. The largest absolute Gasteiger partial charge is 0.383 e. The minimum atomic E-state index is -0.170. The van der Waals surface area contributed by atoms with Crippen molar-refractivity contribution in [1.82, 2.24) is 15.3 Å². The molecular formula is C16H18N4O. The lowest BCUT2D eigenvalue weighted by molar-refractivity contribution is 0.103. The Labute approximate surface area is 123 Å². The number of rotatable bonds is 3. The van der Waals surface area contributed by atoms with Crippen LogP contribution in [0.3, 0.4) is 0 Å². The summed E-state index contributed by atoms with van der Waals surface area (Å²) in [4.78, 5) is 21.0. The van der Waals surface area contributed by atoms with Crippen LogP contribution in [0.15, 0.2) is 36.5 Å². The third kappa shape index (κ3) is 2.92. The van der Waals surface area contributed by atoms with Crippen LogP contribution < -0.4 is 11.1 Å². The fraction of sp³-hybridized carbons (Fsp3) is 0.312. The predicted molar refractivity (Wildman–Crippen MR) is 81.2 cm³/mol. The third-order valence-corrected chi connectivity index (χ3v) is 3.84. The SMILES string of the molecule is Nc1ncccc1C(=O)c1cccc(C2CCNCC2)n1. The van der Waals surface area contributed by atoms with E-state index in [1.54, 1.807) is 24.4 Å². The standard InChI is InChI=1S/C16H18N4O/c17-16-12(3-2-8-19-16)15(21)14-5-1-4-13(20-14)11-6-9-18-10-7-11/h1-5,8,11,18H,6-7,9-10H2,(H2,17,19). The highest BCUT2D eigenvalue weighted by molar-refractivity contribution is 6.10. The molecule has 0 amide bonds. The summed E-state index contributed by atoms with van der Waals surface area (Å²) in [7, 11) is 0. The van der Waals surface area contributed by atoms with E-state index >= 15 is 0 Å². The van der Waals surface area contributed by atoms with Crippen molar-refractivity contribution in [1.29, 1.82) is 0 Å². The third-order valence-electron chi connectivity index (χ3n) is 3.84. The second kappa shape index (κ2) is 6.01. The van der Waals surface area contributed by atoms with Crippen LogP contribution in [0.25, 0.3) is 0 Å². The van der Waals surface area contributed by atoms with Gasteiger partial charge >= 0.3 is 0 Å². The number of aromatic nitrogens is 2. The molecule has 1 fully saturated rings. The second-order valence-corrected chi connectivity index (χ2v) is 5.24. The van der Waals surface area contributed by atoms with E-state index in [9.17, 15) is 4.79 Å². The molecule has 108 valence electrons. The number of nitrogen functional groups attached to an aromatic ring is 1. The van der Waals surface area contributed by atoms with E-state index in [0.29, 0.717) is 17.2 Å². The number of hydrogen-bond acceptors (Lipinski definition) is 5. The lowest BCUT2D eigenvalue weighted by Crippen LogP contribution is -2.27. The summed E-state index contributed by atoms with van der Waals surface area (Å²) in [6.07, 6.45) is 3.68. The van der Waals surface area contributed by atoms with E-state index in [1.165, 1.54) is 0 Å². The summed E-state index contributed by atoms with van der Waals surface area (Å²) in [5, 5.41) is 3.34. The van der Waals surface area contributed by atoms with Crippen LogP contribution in [-0.4, -0.2) is 28.8 Å². The average molecular weight is 282 g/mol. The lowest BCUT2D eigenvalue weighted by Gasteiger charge is -2.22. The summed E-state index contributed by atoms with van der Waals surface area (Å²) < 4.78 is 0. The molecular weight excluding hydrogens is 264 g/mol. The molecule has 1 aliphatic heterocycles. The molecule has 21 heavy (non-hydrogen) atoms. The normalized spacial score (nSPS) is 15.8. The number of nitrogens with two attached hydrogens (primary N) is 1. The highest BCUT2D eigenvalue weighted by Gasteiger charge is 2.19. The molecule has 0 radical (unpaired) electrons. The molecule has 0 aromatic carbocycles. The second-order valence-electron chi connectivity index (χ2n) is 5.24. The zero-order valence-corrected chi connectivity index (χ0v) is 11.7. The number of carbonyl (C=O) groups is 1. The molecule has 0 atom stereocenters. The number of nitrogens with zero attached hydrogens (tertiary/aromatic N) is 2. The topological polar surface area (TPSA) is 80.9 Å². The van der Waals surface area contributed by atoms with E-state index < -0.39 is 0 Å². The quantitative estimate of drug-likeness (QED) is 0.838. The molecule has 0 bridgehead atoms. The van der Waals surface area contributed by atoms with Crippen molar-refractivity contribution in [2.75, 3.05) is 18.8 Å². The molecule has 3 rings (SSSR count). The maximum Gasteiger partial charge on any atom is 0.215 e. The maximum absolute atomic E-state index is 12.5. The molecule has 5 nitrogen and oxygen atoms in total. The fourth-order valence-corrected chi connectivity index (χ4v) is 2.67. The Hall–Kier alpha value is -2.27. The number of anilines is 1. The average Bonchev–Trinajstić information content (AvgIpc) is 2.56. The highest BCUT2D eigenvalue weighted by Crippen LogP contribution is 2.24. The number of nitrogens with one attached hydrogen (secondary N) is 1. The number of carbonyl (C=O) groups excluding carboxylic acids is 1. The number of piperidine rings is 1. The van der Waals surface area contributed by atoms with Crippen molar-refractivity contribution in [2.45, 2.75) is 18.8 Å². The van der Waals surface area contributed by atoms with Gasteiger partial charge in [-0.05, 0) is 50.2 Å². The molecule has 3 heterocycles. The summed E-state index contributed by atoms with van der Waals surface area (Å²) in [6.45, 7) is 2.00. The van der Waals surface area contributed by atoms with Crippen molar-refractivity contribution in [2.24, 2.45) is 0 Å². The molecule has 2 aromatic rings. The van der Waals surface area contributed by atoms with Crippen molar-refractivity contribution >= 4 is 11.6 Å². The van der Waals surface area contributed by atoms with Crippen molar-refractivity contribution < 1.29 is 4.79 Å². The van der Waals surface area contributed by atoms with Gasteiger partial charge in [-0.15, -0.1) is 0 Å². The molecule has 0 spiro atoms. The van der Waals surface area contributed by atoms with Crippen LogP contribution in [0.4, 0.5) is 5.82 Å². The smallest absolute Gasteiger partial charge is 0.215 e. The molecule has 0 saturated carbocycles. The molecule has 0 aliphatic carbocycles. The summed E-state index contributed by atoms with van der Waals surface area (Å²) in [6, 6.07) is 9.02. The van der Waals surface area contributed by atoms with E-state index in [0.717, 1.165) is 31.6 Å². The Balaban J connectivity index is 1.89. The van der Waals surface area contributed by atoms with E-state index in [1.807, 2.05) is 12.1 Å². The van der Waals surface area contributed by atoms with Gasteiger partial charge in [-0.25, -0.2) is 9.97 Å². The highest BCUT2D eigenvalue weighted by atomic mass is 16.1. The van der Waals surface area contributed by atoms with Crippen LogP contribution in [0.2, 0.25) is 0 Å². The molecule has 2 aromatic heterocycles. The van der Waals surface area contributed by atoms with Gasteiger partial charge in [0.25, 0.3) is 0 Å². The monoisotopic (exact) mass is 282 g/mol. The Morgan fingerprint density at radius 3 is 2.76 bits per heavy atom. The van der Waals surface area contributed by atoms with Gasteiger partial charge in [0, 0.05) is 17.8 Å². The summed E-state index contributed by atoms with van der Waals surface area (Å²) in [5.41, 5.74) is 7.61. The maximum atomic E-state index is 12.5. The van der Waals surface area contributed by atoms with Gasteiger partial charge < -0.3 is 11.1 Å². The van der Waals surface area contributed by atoms with Crippen molar-refractivity contribution in [3.8, 4) is 0 Å².